The molecule has 3 aromatic rings. The highest BCUT2D eigenvalue weighted by molar-refractivity contribution is 5.71. The quantitative estimate of drug-likeness (QED) is 0.521. The van der Waals surface area contributed by atoms with Gasteiger partial charge in [0.05, 0.1) is 11.0 Å². The lowest BCUT2D eigenvalue weighted by atomic mass is 10.1. The van der Waals surface area contributed by atoms with Crippen LogP contribution in [-0.4, -0.2) is 39.3 Å². The van der Waals surface area contributed by atoms with Gasteiger partial charge in [-0.15, -0.1) is 0 Å². The molecule has 9 heteroatoms. The summed E-state index contributed by atoms with van der Waals surface area (Å²) >= 11 is 0. The van der Waals surface area contributed by atoms with E-state index in [9.17, 15) is 10.1 Å². The summed E-state index contributed by atoms with van der Waals surface area (Å²) in [7, 11) is 0. The number of anilines is 1. The number of ether oxygens (including phenoxy) is 1. The fourth-order valence-electron chi connectivity index (χ4n) is 2.95. The number of nitro groups is 1. The fraction of sp³-hybridized carbons (Fsp3) is 0.278. The van der Waals surface area contributed by atoms with Gasteiger partial charge in [0.15, 0.2) is 0 Å². The molecule has 138 valence electrons. The molecule has 9 nitrogen and oxygen atoms in total. The van der Waals surface area contributed by atoms with E-state index < -0.39 is 4.92 Å². The number of benzene rings is 1. The molecule has 3 heterocycles. The molecule has 1 aliphatic heterocycles. The highest BCUT2D eigenvalue weighted by Gasteiger charge is 2.20. The maximum absolute atomic E-state index is 11.5. The normalized spacial score (nSPS) is 16.4. The molecule has 1 aliphatic rings. The molecule has 0 bridgehead atoms. The van der Waals surface area contributed by atoms with Crippen molar-refractivity contribution in [2.75, 3.05) is 18.5 Å². The summed E-state index contributed by atoms with van der Waals surface area (Å²) in [4.78, 5) is 19.3. The molecule has 0 aliphatic carbocycles. The van der Waals surface area contributed by atoms with Crippen LogP contribution in [0.3, 0.4) is 0 Å². The molecule has 27 heavy (non-hydrogen) atoms. The first-order valence-electron chi connectivity index (χ1n) is 8.59. The smallest absolute Gasteiger partial charge is 0.293 e. The third kappa shape index (κ3) is 3.77. The number of hydrogen-bond donors (Lipinski definition) is 1. The van der Waals surface area contributed by atoms with Crippen LogP contribution in [-0.2, 0) is 4.74 Å². The van der Waals surface area contributed by atoms with Crippen molar-refractivity contribution in [3.05, 3.63) is 52.8 Å². The summed E-state index contributed by atoms with van der Waals surface area (Å²) in [5.41, 5.74) is 1.64. The molecular formula is C18H17N5O4. The number of pyridine rings is 1. The van der Waals surface area contributed by atoms with Gasteiger partial charge in [-0.2, -0.15) is 4.98 Å². The molecule has 1 N–H and O–H groups in total. The van der Waals surface area contributed by atoms with Gasteiger partial charge in [0.1, 0.15) is 5.69 Å². The van der Waals surface area contributed by atoms with E-state index in [-0.39, 0.29) is 17.6 Å². The van der Waals surface area contributed by atoms with Crippen molar-refractivity contribution < 1.29 is 14.2 Å². The Balaban J connectivity index is 1.57. The van der Waals surface area contributed by atoms with Crippen LogP contribution in [0.1, 0.15) is 12.8 Å². The number of nitrogens with one attached hydrogen (secondary N) is 1. The van der Waals surface area contributed by atoms with E-state index in [0.29, 0.717) is 23.7 Å². The van der Waals surface area contributed by atoms with Crippen LogP contribution in [0.4, 0.5) is 11.4 Å². The Kier molecular flexibility index (Phi) is 4.75. The van der Waals surface area contributed by atoms with Gasteiger partial charge in [0, 0.05) is 42.7 Å². The largest absolute Gasteiger partial charge is 0.377 e. The van der Waals surface area contributed by atoms with E-state index in [0.717, 1.165) is 25.0 Å². The van der Waals surface area contributed by atoms with Crippen molar-refractivity contribution >= 4 is 11.4 Å². The summed E-state index contributed by atoms with van der Waals surface area (Å²) in [6, 6.07) is 8.33. The van der Waals surface area contributed by atoms with Crippen LogP contribution in [0.25, 0.3) is 22.8 Å². The van der Waals surface area contributed by atoms with Crippen molar-refractivity contribution in [3.63, 3.8) is 0 Å². The molecule has 0 spiro atoms. The van der Waals surface area contributed by atoms with E-state index in [1.54, 1.807) is 36.7 Å². The van der Waals surface area contributed by atoms with Crippen LogP contribution >= 0.6 is 0 Å². The van der Waals surface area contributed by atoms with Crippen LogP contribution in [0.15, 0.2) is 47.2 Å². The molecule has 1 atom stereocenters. The second-order valence-corrected chi connectivity index (χ2v) is 6.16. The van der Waals surface area contributed by atoms with Gasteiger partial charge in [0.2, 0.25) is 5.82 Å². The Morgan fingerprint density at radius 3 is 2.81 bits per heavy atom. The number of aromatic nitrogens is 3. The average Bonchev–Trinajstić information content (AvgIpc) is 3.39. The predicted octanol–water partition coefficient (Wildman–Crippen LogP) is 3.30. The number of rotatable bonds is 6. The maximum Gasteiger partial charge on any atom is 0.293 e. The van der Waals surface area contributed by atoms with Gasteiger partial charge < -0.3 is 14.6 Å². The zero-order chi connectivity index (χ0) is 18.6. The highest BCUT2D eigenvalue weighted by Crippen LogP contribution is 2.31. The van der Waals surface area contributed by atoms with E-state index >= 15 is 0 Å². The lowest BCUT2D eigenvalue weighted by molar-refractivity contribution is -0.383. The van der Waals surface area contributed by atoms with Crippen molar-refractivity contribution in [3.8, 4) is 22.8 Å². The zero-order valence-corrected chi connectivity index (χ0v) is 14.4. The van der Waals surface area contributed by atoms with Gasteiger partial charge in [0.25, 0.3) is 11.6 Å². The topological polar surface area (TPSA) is 116 Å². The zero-order valence-electron chi connectivity index (χ0n) is 14.4. The Bertz CT molecular complexity index is 938. The SMILES string of the molecule is O=[N+]([O-])c1cc(-c2noc(-c3ccncc3)n2)ccc1NC[C@@H]1CCCO1. The van der Waals surface area contributed by atoms with Gasteiger partial charge >= 0.3 is 0 Å². The first kappa shape index (κ1) is 17.1. The summed E-state index contributed by atoms with van der Waals surface area (Å²) in [5, 5.41) is 18.5. The molecule has 2 aromatic heterocycles. The molecule has 0 saturated carbocycles. The van der Waals surface area contributed by atoms with E-state index in [1.807, 2.05) is 0 Å². The van der Waals surface area contributed by atoms with E-state index in [4.69, 9.17) is 9.26 Å². The molecule has 0 radical (unpaired) electrons. The molecular weight excluding hydrogens is 350 g/mol. The van der Waals surface area contributed by atoms with Crippen LogP contribution < -0.4 is 5.32 Å². The first-order chi connectivity index (χ1) is 13.2. The fourth-order valence-corrected chi connectivity index (χ4v) is 2.95. The number of nitro benzene ring substituents is 1. The third-order valence-electron chi connectivity index (χ3n) is 4.35. The summed E-state index contributed by atoms with van der Waals surface area (Å²) in [5.74, 6) is 0.617. The molecule has 1 aromatic carbocycles. The Morgan fingerprint density at radius 1 is 1.22 bits per heavy atom. The van der Waals surface area contributed by atoms with Crippen LogP contribution in [0.2, 0.25) is 0 Å². The van der Waals surface area contributed by atoms with Crippen molar-refractivity contribution in [2.45, 2.75) is 18.9 Å². The lowest BCUT2D eigenvalue weighted by Crippen LogP contribution is -2.18. The molecule has 1 fully saturated rings. The minimum Gasteiger partial charge on any atom is -0.377 e. The van der Waals surface area contributed by atoms with Crippen molar-refractivity contribution in [1.29, 1.82) is 0 Å². The highest BCUT2D eigenvalue weighted by atomic mass is 16.6. The standard InChI is InChI=1S/C18H17N5O4/c24-23(25)16-10-13(3-4-15(16)20-11-14-2-1-9-26-14)17-21-18(27-22-17)12-5-7-19-8-6-12/h3-8,10,14,20H,1-2,9,11H2/t14-/m0/s1. The Morgan fingerprint density at radius 2 is 2.07 bits per heavy atom. The molecule has 0 unspecified atom stereocenters. The van der Waals surface area contributed by atoms with E-state index in [2.05, 4.69) is 20.4 Å². The van der Waals surface area contributed by atoms with Crippen LogP contribution in [0, 0.1) is 10.1 Å². The first-order valence-corrected chi connectivity index (χ1v) is 8.59. The van der Waals surface area contributed by atoms with Gasteiger partial charge in [-0.05, 0) is 37.1 Å². The summed E-state index contributed by atoms with van der Waals surface area (Å²) in [6.07, 6.45) is 5.31. The van der Waals surface area contributed by atoms with Gasteiger partial charge in [-0.25, -0.2) is 0 Å². The van der Waals surface area contributed by atoms with E-state index in [1.165, 1.54) is 6.07 Å². The van der Waals surface area contributed by atoms with Crippen molar-refractivity contribution in [1.82, 2.24) is 15.1 Å². The minimum atomic E-state index is -0.425. The third-order valence-corrected chi connectivity index (χ3v) is 4.35. The van der Waals surface area contributed by atoms with Gasteiger partial charge in [-0.3, -0.25) is 15.1 Å². The van der Waals surface area contributed by atoms with Crippen LogP contribution in [0.5, 0.6) is 0 Å². The Labute approximate surface area is 154 Å². The second-order valence-electron chi connectivity index (χ2n) is 6.16. The average molecular weight is 367 g/mol. The number of nitrogens with zero attached hydrogens (tertiary/aromatic N) is 4. The Hall–Kier alpha value is -3.33. The summed E-state index contributed by atoms with van der Waals surface area (Å²) in [6.45, 7) is 1.28. The second kappa shape index (κ2) is 7.50. The lowest BCUT2D eigenvalue weighted by Gasteiger charge is -2.12. The van der Waals surface area contributed by atoms with Crippen molar-refractivity contribution in [2.24, 2.45) is 0 Å². The molecule has 1 saturated heterocycles. The van der Waals surface area contributed by atoms with Gasteiger partial charge in [-0.1, -0.05) is 5.16 Å². The molecule has 0 amide bonds. The number of hydrogen-bond acceptors (Lipinski definition) is 8. The monoisotopic (exact) mass is 367 g/mol. The minimum absolute atomic E-state index is 0.0410. The predicted molar refractivity (Wildman–Crippen MR) is 97.1 cm³/mol. The summed E-state index contributed by atoms with van der Waals surface area (Å²) < 4.78 is 10.8. The maximum atomic E-state index is 11.5. The molecule has 4 rings (SSSR count).